The highest BCUT2D eigenvalue weighted by atomic mass is 32.1. The first-order valence-corrected chi connectivity index (χ1v) is 10.6. The largest absolute Gasteiger partial charge is 0.285 e. The van der Waals surface area contributed by atoms with E-state index < -0.39 is 0 Å². The molecular formula is C21H23N3O2S. The number of para-hydroxylation sites is 1. The fourth-order valence-corrected chi connectivity index (χ4v) is 5.75. The zero-order chi connectivity index (χ0) is 18.4. The molecule has 6 heteroatoms. The Hall–Kier alpha value is -2.05. The minimum atomic E-state index is -0.132. The number of rotatable bonds is 3. The molecule has 2 aliphatic heterocycles. The van der Waals surface area contributed by atoms with Gasteiger partial charge in [0.15, 0.2) is 0 Å². The number of piperidine rings is 1. The standard InChI is InChI=1S/C21H23N3O2S/c25-20-15-7-1-2-8-16(15)21(26)24(20)13-23-11-5-6-14(12-23)19-22-17-9-3-4-10-18(17)27-19/h1-4,9-10,14-16H,5-8,11-13H2/t14-,15-,16-/m1/s1. The third-order valence-electron chi connectivity index (χ3n) is 6.11. The van der Waals surface area contributed by atoms with Crippen molar-refractivity contribution in [3.05, 3.63) is 41.4 Å². The average Bonchev–Trinajstić information content (AvgIpc) is 3.24. The minimum Gasteiger partial charge on any atom is -0.285 e. The van der Waals surface area contributed by atoms with Crippen molar-refractivity contribution in [3.63, 3.8) is 0 Å². The maximum absolute atomic E-state index is 12.7. The van der Waals surface area contributed by atoms with Gasteiger partial charge in [-0.05, 0) is 44.4 Å². The summed E-state index contributed by atoms with van der Waals surface area (Å²) in [6, 6.07) is 8.26. The fourth-order valence-electron chi connectivity index (χ4n) is 4.66. The monoisotopic (exact) mass is 381 g/mol. The molecule has 3 atom stereocenters. The van der Waals surface area contributed by atoms with E-state index >= 15 is 0 Å². The summed E-state index contributed by atoms with van der Waals surface area (Å²) < 4.78 is 1.23. The smallest absolute Gasteiger partial charge is 0.234 e. The normalized spacial score (nSPS) is 28.9. The fraction of sp³-hybridized carbons (Fsp3) is 0.476. The van der Waals surface area contributed by atoms with Gasteiger partial charge in [-0.25, -0.2) is 4.98 Å². The molecule has 0 bridgehead atoms. The lowest BCUT2D eigenvalue weighted by Gasteiger charge is -2.34. The third-order valence-corrected chi connectivity index (χ3v) is 7.30. The Morgan fingerprint density at radius 3 is 2.56 bits per heavy atom. The number of hydrogen-bond donors (Lipinski definition) is 0. The number of nitrogens with zero attached hydrogens (tertiary/aromatic N) is 3. The number of aromatic nitrogens is 1. The molecule has 27 heavy (non-hydrogen) atoms. The van der Waals surface area contributed by atoms with Gasteiger partial charge in [0, 0.05) is 12.5 Å². The van der Waals surface area contributed by atoms with Crippen LogP contribution in [0.1, 0.15) is 36.6 Å². The van der Waals surface area contributed by atoms with Crippen LogP contribution in [-0.4, -0.2) is 46.4 Å². The van der Waals surface area contributed by atoms with Crippen LogP contribution in [0.3, 0.4) is 0 Å². The number of amides is 2. The summed E-state index contributed by atoms with van der Waals surface area (Å²) in [7, 11) is 0. The molecule has 0 unspecified atom stereocenters. The molecule has 0 N–H and O–H groups in total. The molecule has 1 aromatic carbocycles. The molecule has 2 amide bonds. The molecule has 2 fully saturated rings. The van der Waals surface area contributed by atoms with Gasteiger partial charge >= 0.3 is 0 Å². The number of allylic oxidation sites excluding steroid dienone is 2. The van der Waals surface area contributed by atoms with Gasteiger partial charge in [-0.3, -0.25) is 19.4 Å². The van der Waals surface area contributed by atoms with E-state index in [1.807, 2.05) is 18.2 Å². The summed E-state index contributed by atoms with van der Waals surface area (Å²) >= 11 is 1.77. The Balaban J connectivity index is 1.30. The molecule has 1 aromatic heterocycles. The maximum Gasteiger partial charge on any atom is 0.234 e. The lowest BCUT2D eigenvalue weighted by molar-refractivity contribution is -0.142. The second kappa shape index (κ2) is 6.84. The van der Waals surface area contributed by atoms with Crippen molar-refractivity contribution in [2.45, 2.75) is 31.6 Å². The molecule has 0 radical (unpaired) electrons. The van der Waals surface area contributed by atoms with E-state index in [0.29, 0.717) is 25.4 Å². The zero-order valence-corrected chi connectivity index (χ0v) is 16.0. The highest BCUT2D eigenvalue weighted by Crippen LogP contribution is 2.36. The van der Waals surface area contributed by atoms with E-state index in [1.165, 1.54) is 14.6 Å². The van der Waals surface area contributed by atoms with Crippen molar-refractivity contribution >= 4 is 33.4 Å². The predicted octanol–water partition coefficient (Wildman–Crippen LogP) is 3.38. The van der Waals surface area contributed by atoms with Gasteiger partial charge in [0.2, 0.25) is 11.8 Å². The summed E-state index contributed by atoms with van der Waals surface area (Å²) in [6.07, 6.45) is 7.69. The Kier molecular flexibility index (Phi) is 4.32. The van der Waals surface area contributed by atoms with Gasteiger partial charge in [0.05, 0.1) is 33.7 Å². The Labute approximate surface area is 162 Å². The van der Waals surface area contributed by atoms with Crippen molar-refractivity contribution in [1.29, 1.82) is 0 Å². The van der Waals surface area contributed by atoms with E-state index in [1.54, 1.807) is 11.3 Å². The van der Waals surface area contributed by atoms with E-state index in [-0.39, 0.29) is 23.7 Å². The molecule has 2 aromatic rings. The van der Waals surface area contributed by atoms with E-state index in [4.69, 9.17) is 4.98 Å². The van der Waals surface area contributed by atoms with Crippen LogP contribution >= 0.6 is 11.3 Å². The van der Waals surface area contributed by atoms with Gasteiger partial charge in [0.25, 0.3) is 0 Å². The number of hydrogen-bond acceptors (Lipinski definition) is 5. The SMILES string of the molecule is O=C1[C@@H]2CC=CC[C@H]2C(=O)N1CN1CCC[C@@H](c2nc3ccccc3s2)C1. The van der Waals surface area contributed by atoms with Crippen molar-refractivity contribution in [2.75, 3.05) is 19.8 Å². The summed E-state index contributed by atoms with van der Waals surface area (Å²) in [5.41, 5.74) is 1.07. The summed E-state index contributed by atoms with van der Waals surface area (Å²) in [5, 5.41) is 1.18. The molecule has 1 aliphatic carbocycles. The van der Waals surface area contributed by atoms with Crippen molar-refractivity contribution in [1.82, 2.24) is 14.8 Å². The molecule has 3 heterocycles. The van der Waals surface area contributed by atoms with Crippen LogP contribution in [0.2, 0.25) is 0 Å². The summed E-state index contributed by atoms with van der Waals surface area (Å²) in [6.45, 7) is 2.24. The van der Waals surface area contributed by atoms with Gasteiger partial charge in [-0.1, -0.05) is 24.3 Å². The van der Waals surface area contributed by atoms with Crippen LogP contribution in [0, 0.1) is 11.8 Å². The second-order valence-corrected chi connectivity index (χ2v) is 8.90. The molecule has 3 aliphatic rings. The van der Waals surface area contributed by atoms with E-state index in [2.05, 4.69) is 23.1 Å². The predicted molar refractivity (Wildman–Crippen MR) is 105 cm³/mol. The Bertz CT molecular complexity index is 862. The molecule has 0 spiro atoms. The number of carbonyl (C=O) groups is 2. The summed E-state index contributed by atoms with van der Waals surface area (Å²) in [4.78, 5) is 34.1. The van der Waals surface area contributed by atoms with E-state index in [0.717, 1.165) is 31.4 Å². The molecule has 5 nitrogen and oxygen atoms in total. The summed E-state index contributed by atoms with van der Waals surface area (Å²) in [5.74, 6) is 0.167. The Morgan fingerprint density at radius 1 is 1.07 bits per heavy atom. The van der Waals surface area contributed by atoms with Crippen LogP contribution in [-0.2, 0) is 9.59 Å². The van der Waals surface area contributed by atoms with Crippen molar-refractivity contribution < 1.29 is 9.59 Å². The zero-order valence-electron chi connectivity index (χ0n) is 15.2. The molecular weight excluding hydrogens is 358 g/mol. The van der Waals surface area contributed by atoms with Crippen molar-refractivity contribution in [3.8, 4) is 0 Å². The van der Waals surface area contributed by atoms with Crippen LogP contribution in [0.5, 0.6) is 0 Å². The first-order valence-electron chi connectivity index (χ1n) is 9.79. The molecule has 0 saturated carbocycles. The van der Waals surface area contributed by atoms with Crippen LogP contribution in [0.25, 0.3) is 10.2 Å². The highest BCUT2D eigenvalue weighted by Gasteiger charge is 2.47. The van der Waals surface area contributed by atoms with Crippen LogP contribution in [0.15, 0.2) is 36.4 Å². The quantitative estimate of drug-likeness (QED) is 0.604. The number of carbonyl (C=O) groups excluding carboxylic acids is 2. The lowest BCUT2D eigenvalue weighted by Crippen LogP contribution is -2.45. The topological polar surface area (TPSA) is 53.5 Å². The molecule has 2 saturated heterocycles. The van der Waals surface area contributed by atoms with Gasteiger partial charge in [-0.15, -0.1) is 11.3 Å². The number of fused-ring (bicyclic) bond motifs is 2. The first kappa shape index (κ1) is 17.1. The van der Waals surface area contributed by atoms with Gasteiger partial charge < -0.3 is 0 Å². The minimum absolute atomic E-state index is 0.0245. The molecule has 5 rings (SSSR count). The van der Waals surface area contributed by atoms with E-state index in [9.17, 15) is 9.59 Å². The molecule has 140 valence electrons. The van der Waals surface area contributed by atoms with Gasteiger partial charge in [-0.2, -0.15) is 0 Å². The van der Waals surface area contributed by atoms with Crippen molar-refractivity contribution in [2.24, 2.45) is 11.8 Å². The van der Waals surface area contributed by atoms with Gasteiger partial charge in [0.1, 0.15) is 0 Å². The Morgan fingerprint density at radius 2 is 1.81 bits per heavy atom. The third kappa shape index (κ3) is 3.01. The number of likely N-dealkylation sites (tertiary alicyclic amines) is 2. The lowest BCUT2D eigenvalue weighted by atomic mass is 9.85. The number of thiazole rings is 1. The first-order chi connectivity index (χ1) is 13.2. The second-order valence-electron chi connectivity index (χ2n) is 7.84. The number of benzene rings is 1. The maximum atomic E-state index is 12.7. The number of imide groups is 1. The average molecular weight is 382 g/mol. The van der Waals surface area contributed by atoms with Crippen LogP contribution in [0.4, 0.5) is 0 Å². The highest BCUT2D eigenvalue weighted by molar-refractivity contribution is 7.18. The van der Waals surface area contributed by atoms with Crippen LogP contribution < -0.4 is 0 Å².